The van der Waals surface area contributed by atoms with Gasteiger partial charge in [-0.1, -0.05) is 35.9 Å². The van der Waals surface area contributed by atoms with Gasteiger partial charge < -0.3 is 16.0 Å². The van der Waals surface area contributed by atoms with Crippen LogP contribution in [0.1, 0.15) is 30.9 Å². The normalized spacial score (nSPS) is 20.1. The number of rotatable bonds is 8. The molecule has 5 nitrogen and oxygen atoms in total. The first-order valence-corrected chi connectivity index (χ1v) is 11.4. The van der Waals surface area contributed by atoms with Crippen molar-refractivity contribution >= 4 is 18.3 Å². The zero-order valence-corrected chi connectivity index (χ0v) is 20.1. The van der Waals surface area contributed by atoms with Crippen LogP contribution in [0, 0.1) is 24.1 Å². The predicted octanol–water partition coefficient (Wildman–Crippen LogP) is 5.33. The largest absolute Gasteiger partial charge is 0.383 e. The van der Waals surface area contributed by atoms with Gasteiger partial charge in [-0.15, -0.1) is 0 Å². The summed E-state index contributed by atoms with van der Waals surface area (Å²) in [6, 6.07) is 12.5. The number of amidine groups is 1. The minimum Gasteiger partial charge on any atom is -0.383 e. The molecule has 0 amide bonds. The van der Waals surface area contributed by atoms with E-state index in [1.54, 1.807) is 13.0 Å². The van der Waals surface area contributed by atoms with Gasteiger partial charge in [-0.2, -0.15) is 0 Å². The molecule has 0 radical (unpaired) electrons. The number of allylic oxidation sites excluding steroid dienone is 1. The zero-order chi connectivity index (χ0) is 24.8. The van der Waals surface area contributed by atoms with E-state index >= 15 is 0 Å². The number of halogens is 2. The Hall–Kier alpha value is -3.19. The van der Waals surface area contributed by atoms with E-state index in [9.17, 15) is 8.78 Å². The summed E-state index contributed by atoms with van der Waals surface area (Å²) >= 11 is 0. The van der Waals surface area contributed by atoms with E-state index in [-0.39, 0.29) is 23.3 Å². The second kappa shape index (κ2) is 11.3. The smallest absolute Gasteiger partial charge is 0.131 e. The van der Waals surface area contributed by atoms with Crippen molar-refractivity contribution in [3.63, 3.8) is 0 Å². The number of nitrogens with two attached hydrogens (primary N) is 1. The molecule has 0 saturated carbocycles. The highest BCUT2D eigenvalue weighted by molar-refractivity contribution is 6.21. The van der Waals surface area contributed by atoms with Gasteiger partial charge in [-0.25, -0.2) is 8.78 Å². The minimum absolute atomic E-state index is 0.187. The first-order valence-electron chi connectivity index (χ1n) is 11.4. The molecule has 2 aromatic rings. The van der Waals surface area contributed by atoms with E-state index in [2.05, 4.69) is 16.7 Å². The van der Waals surface area contributed by atoms with Crippen LogP contribution >= 0.6 is 0 Å². The molecule has 2 aromatic carbocycles. The molecule has 3 rings (SSSR count). The number of hydrogen-bond acceptors (Lipinski definition) is 4. The Balaban J connectivity index is 1.78. The van der Waals surface area contributed by atoms with Crippen molar-refractivity contribution in [2.45, 2.75) is 39.4 Å². The van der Waals surface area contributed by atoms with Crippen molar-refractivity contribution in [2.24, 2.45) is 21.6 Å². The van der Waals surface area contributed by atoms with Gasteiger partial charge in [-0.05, 0) is 76.2 Å². The highest BCUT2D eigenvalue weighted by Gasteiger charge is 2.29. The number of piperidine rings is 1. The second-order valence-electron chi connectivity index (χ2n) is 9.02. The van der Waals surface area contributed by atoms with Crippen molar-refractivity contribution in [3.8, 4) is 11.1 Å². The number of nitrogens with one attached hydrogen (secondary N) is 1. The standard InChI is InChI=1S/C27H33F2N5/c1-17-5-10-23(28)22(13-17)20-8-6-19(7-9-20)15-33-27(31)26(18(2)30)25(32-3)14-21-11-12-34(4)16-24(21)29/h5-10,13,21,24,30H,3,11-12,14-16H2,1-2,4H3,(H2,31,33)/b26-25-,30-18?. The van der Waals surface area contributed by atoms with Gasteiger partial charge in [0.15, 0.2) is 0 Å². The number of aliphatic imine (C=N–C) groups is 2. The Labute approximate surface area is 200 Å². The highest BCUT2D eigenvalue weighted by Crippen LogP contribution is 2.29. The fraction of sp³-hybridized carbons (Fsp3) is 0.370. The third-order valence-electron chi connectivity index (χ3n) is 6.26. The van der Waals surface area contributed by atoms with Crippen LogP contribution in [0.25, 0.3) is 11.1 Å². The molecule has 180 valence electrons. The molecule has 0 aliphatic carbocycles. The summed E-state index contributed by atoms with van der Waals surface area (Å²) in [6.07, 6.45) is 0.126. The molecule has 1 fully saturated rings. The third-order valence-corrected chi connectivity index (χ3v) is 6.26. The maximum atomic E-state index is 14.6. The number of hydrogen-bond donors (Lipinski definition) is 2. The van der Waals surface area contributed by atoms with Gasteiger partial charge in [0.1, 0.15) is 17.8 Å². The topological polar surface area (TPSA) is 77.8 Å². The van der Waals surface area contributed by atoms with Gasteiger partial charge in [0.25, 0.3) is 0 Å². The molecular weight excluding hydrogens is 432 g/mol. The average molecular weight is 466 g/mol. The van der Waals surface area contributed by atoms with Crippen molar-refractivity contribution in [1.82, 2.24) is 4.90 Å². The lowest BCUT2D eigenvalue weighted by molar-refractivity contribution is 0.102. The number of likely N-dealkylation sites (tertiary alicyclic amines) is 1. The van der Waals surface area contributed by atoms with Crippen molar-refractivity contribution in [2.75, 3.05) is 20.1 Å². The van der Waals surface area contributed by atoms with Crippen LogP contribution in [0.3, 0.4) is 0 Å². The van der Waals surface area contributed by atoms with Crippen LogP contribution in [0.15, 0.2) is 63.7 Å². The second-order valence-corrected chi connectivity index (χ2v) is 9.02. The van der Waals surface area contributed by atoms with Gasteiger partial charge in [-0.3, -0.25) is 9.98 Å². The van der Waals surface area contributed by atoms with E-state index in [1.165, 1.54) is 6.07 Å². The van der Waals surface area contributed by atoms with Gasteiger partial charge in [0, 0.05) is 17.8 Å². The van der Waals surface area contributed by atoms with E-state index < -0.39 is 6.17 Å². The molecule has 3 N–H and O–H groups in total. The molecule has 34 heavy (non-hydrogen) atoms. The zero-order valence-electron chi connectivity index (χ0n) is 20.1. The van der Waals surface area contributed by atoms with Crippen molar-refractivity contribution in [3.05, 3.63) is 70.7 Å². The molecule has 0 aromatic heterocycles. The van der Waals surface area contributed by atoms with Crippen LogP contribution in [-0.2, 0) is 6.54 Å². The molecule has 2 unspecified atom stereocenters. The molecule has 1 aliphatic heterocycles. The maximum Gasteiger partial charge on any atom is 0.131 e. The summed E-state index contributed by atoms with van der Waals surface area (Å²) < 4.78 is 28.8. The summed E-state index contributed by atoms with van der Waals surface area (Å²) in [4.78, 5) is 10.6. The molecule has 0 spiro atoms. The number of nitrogens with zero attached hydrogens (tertiary/aromatic N) is 3. The van der Waals surface area contributed by atoms with Crippen LogP contribution in [-0.4, -0.2) is 49.5 Å². The Kier molecular flexibility index (Phi) is 8.45. The highest BCUT2D eigenvalue weighted by atomic mass is 19.1. The Morgan fingerprint density at radius 3 is 2.56 bits per heavy atom. The number of alkyl halides is 1. The summed E-state index contributed by atoms with van der Waals surface area (Å²) in [5, 5.41) is 8.22. The summed E-state index contributed by atoms with van der Waals surface area (Å²) in [7, 11) is 1.91. The first kappa shape index (κ1) is 25.4. The lowest BCUT2D eigenvalue weighted by atomic mass is 9.89. The van der Waals surface area contributed by atoms with Crippen LogP contribution in [0.2, 0.25) is 0 Å². The van der Waals surface area contributed by atoms with Gasteiger partial charge in [0.2, 0.25) is 0 Å². The van der Waals surface area contributed by atoms with Crippen molar-refractivity contribution in [1.29, 1.82) is 5.41 Å². The van der Waals surface area contributed by atoms with E-state index in [4.69, 9.17) is 11.1 Å². The summed E-state index contributed by atoms with van der Waals surface area (Å²) in [5.74, 6) is -0.262. The molecule has 1 aliphatic rings. The average Bonchev–Trinajstić information content (AvgIpc) is 2.80. The van der Waals surface area contributed by atoms with Crippen molar-refractivity contribution < 1.29 is 8.78 Å². The van der Waals surface area contributed by atoms with E-state index in [1.807, 2.05) is 49.2 Å². The van der Waals surface area contributed by atoms with Crippen LogP contribution in [0.4, 0.5) is 8.78 Å². The summed E-state index contributed by atoms with van der Waals surface area (Å²) in [6.45, 7) is 8.70. The monoisotopic (exact) mass is 465 g/mol. The van der Waals surface area contributed by atoms with Gasteiger partial charge >= 0.3 is 0 Å². The molecule has 1 heterocycles. The first-order chi connectivity index (χ1) is 16.2. The maximum absolute atomic E-state index is 14.6. The lowest BCUT2D eigenvalue weighted by Crippen LogP contribution is -2.39. The quantitative estimate of drug-likeness (QED) is 0.408. The molecule has 7 heteroatoms. The van der Waals surface area contributed by atoms with E-state index in [0.717, 1.165) is 23.2 Å². The third kappa shape index (κ3) is 6.23. The van der Waals surface area contributed by atoms with E-state index in [0.29, 0.717) is 42.8 Å². The summed E-state index contributed by atoms with van der Waals surface area (Å²) in [5.41, 5.74) is 10.7. The molecule has 0 bridgehead atoms. The van der Waals surface area contributed by atoms with Gasteiger partial charge in [0.05, 0.1) is 17.8 Å². The number of benzene rings is 2. The minimum atomic E-state index is -0.960. The Morgan fingerprint density at radius 2 is 1.94 bits per heavy atom. The Morgan fingerprint density at radius 1 is 1.24 bits per heavy atom. The fourth-order valence-electron chi connectivity index (χ4n) is 4.29. The fourth-order valence-corrected chi connectivity index (χ4v) is 4.29. The molecule has 2 atom stereocenters. The van der Waals surface area contributed by atoms with Crippen LogP contribution < -0.4 is 5.73 Å². The molecule has 1 saturated heterocycles. The Bertz CT molecular complexity index is 1100. The lowest BCUT2D eigenvalue weighted by Gasteiger charge is -2.32. The predicted molar refractivity (Wildman–Crippen MR) is 137 cm³/mol. The number of aryl methyl sites for hydroxylation is 1. The molecular formula is C27H33F2N5. The van der Waals surface area contributed by atoms with Crippen LogP contribution in [0.5, 0.6) is 0 Å². The SMILES string of the molecule is C=N/C(CC1CCN(C)CC1F)=C(/C(C)=N)C(N)=NCc1ccc(-c2cc(C)ccc2F)cc1.